The van der Waals surface area contributed by atoms with E-state index in [0.29, 0.717) is 22.3 Å². The summed E-state index contributed by atoms with van der Waals surface area (Å²) < 4.78 is 28.7. The zero-order chi connectivity index (χ0) is 71.0. The summed E-state index contributed by atoms with van der Waals surface area (Å²) in [5, 5.41) is 108. The molecule has 25 N–H and O–H groups in total. The third kappa shape index (κ3) is 21.7. The van der Waals surface area contributed by atoms with Crippen LogP contribution in [0.2, 0.25) is 0 Å². The van der Waals surface area contributed by atoms with Gasteiger partial charge in [0, 0.05) is 55.2 Å². The third-order valence-electron chi connectivity index (χ3n) is 15.3. The number of aromatic amines is 1. The lowest BCUT2D eigenvalue weighted by Gasteiger charge is -2.47. The number of carbonyl (C=O) groups is 8. The summed E-state index contributed by atoms with van der Waals surface area (Å²) in [7, 11) is 0.254. The quantitative estimate of drug-likeness (QED) is 0.0150. The van der Waals surface area contributed by atoms with Gasteiger partial charge in [-0.3, -0.25) is 33.6 Å². The van der Waals surface area contributed by atoms with Crippen molar-refractivity contribution in [3.8, 4) is 10.7 Å². The number of nitrogens with two attached hydrogens (primary N) is 5. The second kappa shape index (κ2) is 37.3. The number of primary amides is 3. The van der Waals surface area contributed by atoms with Gasteiger partial charge in [0.15, 0.2) is 18.7 Å². The molecule has 2 fully saturated rings. The largest absolute Gasteiger partial charge is 0.441 e. The maximum Gasteiger partial charge on any atom is 0.404 e. The molecule has 2 saturated heterocycles. The molecule has 0 bridgehead atoms. The van der Waals surface area contributed by atoms with Crippen LogP contribution in [-0.4, -0.2) is 267 Å². The van der Waals surface area contributed by atoms with Crippen molar-refractivity contribution in [2.45, 2.75) is 157 Å². The van der Waals surface area contributed by atoms with Crippen LogP contribution in [-0.2, 0) is 65.0 Å². The molecule has 0 unspecified atom stereocenters. The summed E-state index contributed by atoms with van der Waals surface area (Å²) >= 11 is 2.52. The highest BCUT2D eigenvalue weighted by Gasteiger charge is 2.54. The second-order valence-electron chi connectivity index (χ2n) is 22.8. The number of nitrogens with one attached hydrogen (secondary N) is 7. The van der Waals surface area contributed by atoms with E-state index in [1.54, 1.807) is 10.8 Å². The Balaban J connectivity index is 0.0000170. The number of anilines is 1. The minimum atomic E-state index is -2.20. The smallest absolute Gasteiger partial charge is 0.404 e. The van der Waals surface area contributed by atoms with Crippen molar-refractivity contribution in [3.63, 3.8) is 0 Å². The molecule has 4 aromatic heterocycles. The number of aromatic nitrogens is 6. The molecule has 19 atom stereocenters. The van der Waals surface area contributed by atoms with E-state index in [0.717, 1.165) is 24.7 Å². The van der Waals surface area contributed by atoms with Crippen molar-refractivity contribution in [2.75, 3.05) is 56.8 Å². The number of aliphatic hydroxyl groups is 8. The molecule has 0 saturated carbocycles. The predicted octanol–water partition coefficient (Wildman–Crippen LogP) is -7.28. The van der Waals surface area contributed by atoms with Crippen LogP contribution in [0.3, 0.4) is 0 Å². The van der Waals surface area contributed by atoms with Crippen LogP contribution in [0.15, 0.2) is 23.3 Å². The highest BCUT2D eigenvalue weighted by Crippen LogP contribution is 2.35. The number of thiazole rings is 2. The molecule has 8 amide bonds. The number of nitrogen functional groups attached to an aromatic ring is 1. The summed E-state index contributed by atoms with van der Waals surface area (Å²) in [5.41, 5.74) is 28.1. The van der Waals surface area contributed by atoms with Gasteiger partial charge in [0.05, 0.1) is 85.2 Å². The van der Waals surface area contributed by atoms with Crippen molar-refractivity contribution in [3.05, 3.63) is 56.8 Å². The maximum atomic E-state index is 15.2. The van der Waals surface area contributed by atoms with Gasteiger partial charge in [0.2, 0.25) is 29.5 Å². The van der Waals surface area contributed by atoms with Crippen LogP contribution < -0.4 is 60.6 Å². The van der Waals surface area contributed by atoms with Crippen molar-refractivity contribution in [1.82, 2.24) is 61.8 Å². The number of hydrogen-bond acceptors (Lipinski definition) is 31. The van der Waals surface area contributed by atoms with E-state index in [2.05, 4.69) is 74.3 Å². The van der Waals surface area contributed by atoms with Gasteiger partial charge in [-0.2, -0.15) is 0 Å². The van der Waals surface area contributed by atoms with Gasteiger partial charge in [-0.05, 0) is 31.7 Å². The minimum absolute atomic E-state index is 0. The fourth-order valence-corrected chi connectivity index (χ4v) is 12.1. The molecule has 42 heteroatoms. The Hall–Kier alpha value is -7.01. The van der Waals surface area contributed by atoms with Crippen LogP contribution in [0, 0.1) is 12.8 Å². The number of imidazole rings is 1. The standard InChI is InChI=1S/C55H83N17O21S3.ClH/c1-20-33(69-46(72-44(20)58)25(12-31(57)76)64-13-24(56)45(59)82)50(86)71-35(41(26-14-61-19-65-26)91-54-43(39(80)37(78)29(15-73)90-54)92-53-40(81)42(93-55(60)88)38(79)30(16-74)89-53)51(87)66-22(3)36(77)21(2)47(83)70-34(23(4)75)49(85)63-10-8-32-67-28(18-94-32)52-68-27(17-95-52)48(84)62-9-7-11-96(5)6;/h14,17-19,21-25,29-30,34-43,53-54,64,73-75,77-81H,7-13,15-16,56H2,1-6H3,(H13-,57,58,59,60,61,62,63,65,66,69,70,71,72,76,82,83,84,85,86,87,88);1H/p+1/t21-,22-,23-,24+,25+,29+,30-,34+,35+,36+,37-,38-,39+,40+,41+,42+,43+,53-,54-;/m1./s1. The van der Waals surface area contributed by atoms with E-state index < -0.39 is 183 Å². The summed E-state index contributed by atoms with van der Waals surface area (Å²) in [6.45, 7) is 3.18. The molecule has 97 heavy (non-hydrogen) atoms. The van der Waals surface area contributed by atoms with Crippen LogP contribution in [0.4, 0.5) is 10.6 Å². The minimum Gasteiger partial charge on any atom is -0.441 e. The van der Waals surface area contributed by atoms with Crippen LogP contribution in [0.25, 0.3) is 10.7 Å². The molecular weight excluding hydrogens is 1370 g/mol. The number of ether oxygens (including phenoxy) is 5. The van der Waals surface area contributed by atoms with E-state index in [1.807, 2.05) is 0 Å². The second-order valence-corrected chi connectivity index (χ2v) is 27.0. The summed E-state index contributed by atoms with van der Waals surface area (Å²) in [4.78, 5) is 131. The van der Waals surface area contributed by atoms with E-state index in [9.17, 15) is 74.4 Å². The normalized spacial score (nSPS) is 23.8. The molecule has 4 aromatic rings. The summed E-state index contributed by atoms with van der Waals surface area (Å²) in [5.74, 6) is -7.69. The lowest BCUT2D eigenvalue weighted by atomic mass is 9.96. The SMILES string of the molecule is Cc1c(N)nc([C@H](CC(N)=O)NC[C@H](N)C(N)=O)nc1C(=O)N[C@H](C(=O)N[C@H](C)[C@@H](O)[C@@H](C)C(=O)N[C@H](C(=O)NCCc1nc(-c2nc(C(=O)NCCC[S+](C)C)cs2)cs1)[C@@H](C)O)[C@@H](O[C@H]1O[C@@H](CO)[C@@H](O)[C@H](O)[C@@H]1O[C@H]1O[C@H](CO)[C@@H](O)[C@H](OC(N)=O)[C@@H]1O)c1cnc[nH]1.Cl. The highest BCUT2D eigenvalue weighted by molar-refractivity contribution is 7.95. The lowest BCUT2D eigenvalue weighted by molar-refractivity contribution is -0.372. The monoisotopic (exact) mass is 1450 g/mol. The number of hydrogen-bond donors (Lipinski definition) is 20. The first-order valence-electron chi connectivity index (χ1n) is 29.8. The Morgan fingerprint density at radius 2 is 1.46 bits per heavy atom. The Labute approximate surface area is 571 Å². The van der Waals surface area contributed by atoms with Crippen molar-refractivity contribution < 1.29 is 103 Å². The van der Waals surface area contributed by atoms with Crippen LogP contribution in [0.1, 0.15) is 88.8 Å². The van der Waals surface area contributed by atoms with Gasteiger partial charge in [-0.25, -0.2) is 29.7 Å². The first-order chi connectivity index (χ1) is 45.3. The van der Waals surface area contributed by atoms with Crippen LogP contribution >= 0.6 is 35.1 Å². The molecule has 0 radical (unpaired) electrons. The molecule has 2 aliphatic rings. The number of aliphatic hydroxyl groups excluding tert-OH is 8. The Morgan fingerprint density at radius 1 is 0.784 bits per heavy atom. The lowest BCUT2D eigenvalue weighted by Crippen LogP contribution is -2.65. The van der Waals surface area contributed by atoms with Gasteiger partial charge < -0.3 is 130 Å². The van der Waals surface area contributed by atoms with E-state index in [1.165, 1.54) is 50.4 Å². The van der Waals surface area contributed by atoms with Gasteiger partial charge in [0.25, 0.3) is 11.8 Å². The van der Waals surface area contributed by atoms with Gasteiger partial charge >= 0.3 is 6.09 Å². The molecule has 0 spiro atoms. The Morgan fingerprint density at radius 3 is 2.08 bits per heavy atom. The number of H-pyrrole nitrogens is 1. The van der Waals surface area contributed by atoms with Gasteiger partial charge in [-0.15, -0.1) is 35.1 Å². The summed E-state index contributed by atoms with van der Waals surface area (Å²) in [6, 6.07) is -7.85. The fraction of sp³-hybridized carbons (Fsp3) is 0.618. The number of carbonyl (C=O) groups excluding carboxylic acids is 8. The third-order valence-corrected chi connectivity index (χ3v) is 18.2. The van der Waals surface area contributed by atoms with Crippen molar-refractivity contribution >= 4 is 99.2 Å². The molecule has 0 aliphatic carbocycles. The first-order valence-corrected chi connectivity index (χ1v) is 33.8. The highest BCUT2D eigenvalue weighted by atomic mass is 35.5. The van der Waals surface area contributed by atoms with E-state index >= 15 is 4.79 Å². The first kappa shape index (κ1) is 80.7. The Bertz CT molecular complexity index is 3290. The molecule has 2 aliphatic heterocycles. The number of halogens is 1. The topological polar surface area (TPSA) is 627 Å². The predicted molar refractivity (Wildman–Crippen MR) is 346 cm³/mol. The molecule has 38 nitrogen and oxygen atoms in total. The fourth-order valence-electron chi connectivity index (χ4n) is 9.80. The zero-order valence-electron chi connectivity index (χ0n) is 53.3. The van der Waals surface area contributed by atoms with Crippen molar-refractivity contribution in [2.24, 2.45) is 28.9 Å². The molecule has 6 heterocycles. The van der Waals surface area contributed by atoms with E-state index in [4.69, 9.17) is 52.4 Å². The number of nitrogens with zero attached hydrogens (tertiary/aromatic N) is 5. The van der Waals surface area contributed by atoms with Crippen molar-refractivity contribution in [1.29, 1.82) is 0 Å². The molecule has 0 aromatic carbocycles. The van der Waals surface area contributed by atoms with E-state index in [-0.39, 0.29) is 77.3 Å². The molecule has 6 rings (SSSR count). The summed E-state index contributed by atoms with van der Waals surface area (Å²) in [6.07, 6.45) is -20.0. The zero-order valence-corrected chi connectivity index (χ0v) is 56.5. The maximum absolute atomic E-state index is 15.2. The Kier molecular flexibility index (Phi) is 31.0. The number of amides is 8. The average Bonchev–Trinajstić information content (AvgIpc) is 1.16. The molecular formula is C55H85ClN17O21S3+. The van der Waals surface area contributed by atoms with Gasteiger partial charge in [-0.1, -0.05) is 6.92 Å². The average molecular weight is 1450 g/mol. The van der Waals surface area contributed by atoms with Gasteiger partial charge in [0.1, 0.15) is 100 Å². The molecule has 540 valence electrons. The van der Waals surface area contributed by atoms with Crippen LogP contribution in [0.5, 0.6) is 0 Å². The number of rotatable bonds is 35.